The second kappa shape index (κ2) is 5.24. The summed E-state index contributed by atoms with van der Waals surface area (Å²) in [5, 5.41) is 21.5. The lowest BCUT2D eigenvalue weighted by Gasteiger charge is -2.22. The summed E-state index contributed by atoms with van der Waals surface area (Å²) in [6.07, 6.45) is 1.79. The molecule has 0 fully saturated rings. The number of hydrogen-bond acceptors (Lipinski definition) is 2. The highest BCUT2D eigenvalue weighted by Gasteiger charge is 2.18. The number of benzene rings is 3. The minimum Gasteiger partial charge on any atom is -0.392 e. The predicted octanol–water partition coefficient (Wildman–Crippen LogP) is 3.32. The van der Waals surface area contributed by atoms with Gasteiger partial charge in [-0.2, -0.15) is 0 Å². The van der Waals surface area contributed by atoms with Crippen molar-refractivity contribution in [2.45, 2.75) is 26.1 Å². The van der Waals surface area contributed by atoms with E-state index in [4.69, 9.17) is 0 Å². The third kappa shape index (κ3) is 2.12. The molecular weight excluding hydrogens is 272 g/mol. The van der Waals surface area contributed by atoms with E-state index in [-0.39, 0.29) is 13.2 Å². The maximum Gasteiger partial charge on any atom is 0.0685 e. The Morgan fingerprint density at radius 1 is 0.636 bits per heavy atom. The zero-order valence-electron chi connectivity index (χ0n) is 12.3. The van der Waals surface area contributed by atoms with Crippen molar-refractivity contribution in [3.05, 3.63) is 81.9 Å². The molecule has 0 unspecified atom stereocenters. The van der Waals surface area contributed by atoms with Gasteiger partial charge in [-0.25, -0.2) is 0 Å². The van der Waals surface area contributed by atoms with Crippen LogP contribution in [0.1, 0.15) is 33.4 Å². The van der Waals surface area contributed by atoms with E-state index in [0.717, 1.165) is 24.0 Å². The van der Waals surface area contributed by atoms with Crippen molar-refractivity contribution in [3.8, 4) is 0 Å². The summed E-state index contributed by atoms with van der Waals surface area (Å²) in [4.78, 5) is 0. The minimum atomic E-state index is -0.0201. The first-order chi connectivity index (χ1) is 10.8. The topological polar surface area (TPSA) is 40.5 Å². The summed E-state index contributed by atoms with van der Waals surface area (Å²) in [6, 6.07) is 17.1. The minimum absolute atomic E-state index is 0.0201. The molecule has 4 rings (SSSR count). The zero-order valence-corrected chi connectivity index (χ0v) is 12.3. The molecular formula is C20H18O2. The molecule has 2 N–H and O–H groups in total. The molecule has 2 nitrogen and oxygen atoms in total. The summed E-state index contributed by atoms with van der Waals surface area (Å²) in [5.74, 6) is 0. The number of aliphatic hydroxyl groups is 2. The van der Waals surface area contributed by atoms with Crippen LogP contribution in [0.5, 0.6) is 0 Å². The van der Waals surface area contributed by atoms with Gasteiger partial charge in [0.1, 0.15) is 0 Å². The predicted molar refractivity (Wildman–Crippen MR) is 87.8 cm³/mol. The van der Waals surface area contributed by atoms with Gasteiger partial charge in [-0.1, -0.05) is 48.5 Å². The Morgan fingerprint density at radius 2 is 1.05 bits per heavy atom. The molecule has 0 aliphatic heterocycles. The number of aliphatic hydroxyl groups excluding tert-OH is 2. The fourth-order valence-corrected chi connectivity index (χ4v) is 3.49. The third-order valence-electron chi connectivity index (χ3n) is 4.69. The Hall–Kier alpha value is -2.16. The van der Waals surface area contributed by atoms with Crippen LogP contribution >= 0.6 is 0 Å². The summed E-state index contributed by atoms with van der Waals surface area (Å²) in [6.45, 7) is -0.0402. The summed E-state index contributed by atoms with van der Waals surface area (Å²) >= 11 is 0. The summed E-state index contributed by atoms with van der Waals surface area (Å²) in [5.41, 5.74) is 6.95. The molecule has 2 heteroatoms. The maximum atomic E-state index is 9.48. The second-order valence-electron chi connectivity index (χ2n) is 6.03. The lowest BCUT2D eigenvalue weighted by molar-refractivity contribution is 0.260. The van der Waals surface area contributed by atoms with Crippen molar-refractivity contribution < 1.29 is 10.2 Å². The molecule has 0 bridgehead atoms. The Bertz CT molecular complexity index is 793. The Labute approximate surface area is 129 Å². The van der Waals surface area contributed by atoms with Gasteiger partial charge in [0.2, 0.25) is 0 Å². The molecule has 0 saturated heterocycles. The first-order valence-corrected chi connectivity index (χ1v) is 7.64. The van der Waals surface area contributed by atoms with Crippen LogP contribution in [0.3, 0.4) is 0 Å². The molecule has 0 spiro atoms. The normalized spacial score (nSPS) is 13.0. The van der Waals surface area contributed by atoms with Crippen molar-refractivity contribution >= 4 is 10.8 Å². The van der Waals surface area contributed by atoms with Crippen molar-refractivity contribution in [1.82, 2.24) is 0 Å². The molecule has 110 valence electrons. The van der Waals surface area contributed by atoms with Gasteiger partial charge in [0.25, 0.3) is 0 Å². The Morgan fingerprint density at radius 3 is 1.45 bits per heavy atom. The van der Waals surface area contributed by atoms with Crippen LogP contribution in [0.15, 0.2) is 48.5 Å². The van der Waals surface area contributed by atoms with E-state index in [0.29, 0.717) is 0 Å². The highest BCUT2D eigenvalue weighted by Crippen LogP contribution is 2.32. The summed E-state index contributed by atoms with van der Waals surface area (Å²) < 4.78 is 0. The zero-order chi connectivity index (χ0) is 15.1. The van der Waals surface area contributed by atoms with Crippen LogP contribution in [-0.2, 0) is 26.1 Å². The lowest BCUT2D eigenvalue weighted by Crippen LogP contribution is -2.10. The standard InChI is InChI=1S/C20H18O2/c21-11-19-9-17-7-15-5-13-3-1-2-4-14(13)6-16(15)8-18(17)10-20(19)12-22/h1-6,9-10,21-22H,7-8,11-12H2. The first kappa shape index (κ1) is 13.5. The van der Waals surface area contributed by atoms with E-state index in [2.05, 4.69) is 48.5 Å². The van der Waals surface area contributed by atoms with Gasteiger partial charge >= 0.3 is 0 Å². The highest BCUT2D eigenvalue weighted by molar-refractivity contribution is 5.84. The maximum absolute atomic E-state index is 9.48. The molecule has 1 aliphatic rings. The molecule has 22 heavy (non-hydrogen) atoms. The second-order valence-corrected chi connectivity index (χ2v) is 6.03. The fourth-order valence-electron chi connectivity index (χ4n) is 3.49. The van der Waals surface area contributed by atoms with E-state index < -0.39 is 0 Å². The number of fused-ring (bicyclic) bond motifs is 3. The van der Waals surface area contributed by atoms with Gasteiger partial charge in [0, 0.05) is 0 Å². The van der Waals surface area contributed by atoms with Gasteiger partial charge in [-0.3, -0.25) is 0 Å². The van der Waals surface area contributed by atoms with Gasteiger partial charge in [-0.15, -0.1) is 0 Å². The van der Waals surface area contributed by atoms with E-state index in [9.17, 15) is 10.2 Å². The van der Waals surface area contributed by atoms with E-state index in [1.165, 1.54) is 33.0 Å². The molecule has 0 amide bonds. The smallest absolute Gasteiger partial charge is 0.0685 e. The first-order valence-electron chi connectivity index (χ1n) is 7.64. The number of hydrogen-bond donors (Lipinski definition) is 2. The van der Waals surface area contributed by atoms with Gasteiger partial charge in [0.05, 0.1) is 13.2 Å². The van der Waals surface area contributed by atoms with Crippen LogP contribution in [0.2, 0.25) is 0 Å². The Balaban J connectivity index is 1.84. The summed E-state index contributed by atoms with van der Waals surface area (Å²) in [7, 11) is 0. The average molecular weight is 290 g/mol. The van der Waals surface area contributed by atoms with Gasteiger partial charge in [-0.05, 0) is 57.0 Å². The molecule has 0 heterocycles. The molecule has 3 aromatic rings. The van der Waals surface area contributed by atoms with Crippen LogP contribution in [-0.4, -0.2) is 10.2 Å². The molecule has 0 saturated carbocycles. The fraction of sp³-hybridized carbons (Fsp3) is 0.200. The molecule has 1 aliphatic carbocycles. The van der Waals surface area contributed by atoms with E-state index >= 15 is 0 Å². The van der Waals surface area contributed by atoms with Gasteiger partial charge in [0.15, 0.2) is 0 Å². The van der Waals surface area contributed by atoms with Gasteiger partial charge < -0.3 is 10.2 Å². The largest absolute Gasteiger partial charge is 0.392 e. The quantitative estimate of drug-likeness (QED) is 0.594. The van der Waals surface area contributed by atoms with Crippen LogP contribution < -0.4 is 0 Å². The van der Waals surface area contributed by atoms with Crippen molar-refractivity contribution in [1.29, 1.82) is 0 Å². The van der Waals surface area contributed by atoms with Crippen molar-refractivity contribution in [2.24, 2.45) is 0 Å². The number of rotatable bonds is 2. The van der Waals surface area contributed by atoms with E-state index in [1.54, 1.807) is 0 Å². The van der Waals surface area contributed by atoms with Crippen LogP contribution in [0.25, 0.3) is 10.8 Å². The van der Waals surface area contributed by atoms with Crippen molar-refractivity contribution in [2.75, 3.05) is 0 Å². The third-order valence-corrected chi connectivity index (χ3v) is 4.69. The Kier molecular flexibility index (Phi) is 3.21. The highest BCUT2D eigenvalue weighted by atomic mass is 16.3. The SMILES string of the molecule is OCc1cc2c(cc1CO)Cc1cc3ccccc3cc1C2. The molecule has 0 aromatic heterocycles. The monoisotopic (exact) mass is 290 g/mol. The van der Waals surface area contributed by atoms with Crippen LogP contribution in [0.4, 0.5) is 0 Å². The molecule has 3 aromatic carbocycles. The molecule has 0 atom stereocenters. The molecule has 0 radical (unpaired) electrons. The van der Waals surface area contributed by atoms with Crippen LogP contribution in [0, 0.1) is 0 Å². The van der Waals surface area contributed by atoms with Crippen molar-refractivity contribution in [3.63, 3.8) is 0 Å². The lowest BCUT2D eigenvalue weighted by atomic mass is 9.83. The van der Waals surface area contributed by atoms with E-state index in [1.807, 2.05) is 0 Å². The average Bonchev–Trinajstić information content (AvgIpc) is 2.56.